The molecule has 0 aliphatic carbocycles. The number of aliphatic hydroxyl groups excluding tert-OH is 1. The van der Waals surface area contributed by atoms with E-state index in [9.17, 15) is 72.9 Å². The highest BCUT2D eigenvalue weighted by atomic mass is 16.4. The molecule has 2 rings (SSSR count). The van der Waals surface area contributed by atoms with E-state index in [0.717, 1.165) is 0 Å². The normalized spacial score (nSPS) is 19.9. The van der Waals surface area contributed by atoms with Crippen molar-refractivity contribution < 1.29 is 72.9 Å². The van der Waals surface area contributed by atoms with Gasteiger partial charge in [0.25, 0.3) is 0 Å². The number of nitrogens with one attached hydrogen (secondary N) is 9. The third-order valence-corrected chi connectivity index (χ3v) is 12.0. The van der Waals surface area contributed by atoms with Crippen LogP contribution >= 0.6 is 0 Å². The first-order valence-corrected chi connectivity index (χ1v) is 24.2. The number of carboxylic acids is 2. The topological polar surface area (TPSA) is 429 Å². The van der Waals surface area contributed by atoms with Gasteiger partial charge in [-0.1, -0.05) is 27.7 Å². The van der Waals surface area contributed by atoms with Gasteiger partial charge in [0.2, 0.25) is 59.1 Å². The number of β-amino-alcohol motifs (C(OH)–C–C–N with tert-alkyl or cyclic N) is 1. The average molecular weight is 1030 g/mol. The van der Waals surface area contributed by atoms with Crippen LogP contribution in [0.3, 0.4) is 0 Å². The second-order valence-corrected chi connectivity index (χ2v) is 19.3. The SMILES string of the molecule is CC(C)C[C@H](NC(=O)[C@H](CC(C)C)NC(=O)[C@H](CC(=O)O)NC(=O)[C@H](CCC(N)=O)NC(=O)CNC(=O)[C@@H]1C[C@@H](O)CN1)C(=O)N[C@@H](C)C(=O)NCC(=O)N1CCCC1(C)C(=O)N[C@@H](CCCCN)C(=O)O. The Bertz CT molecular complexity index is 1970. The van der Waals surface area contributed by atoms with Crippen LogP contribution in [0.15, 0.2) is 0 Å². The summed E-state index contributed by atoms with van der Waals surface area (Å²) in [5.74, 6) is -11.6. The van der Waals surface area contributed by atoms with E-state index in [0.29, 0.717) is 25.8 Å². The van der Waals surface area contributed by atoms with Crippen LogP contribution in [0.4, 0.5) is 0 Å². The van der Waals surface area contributed by atoms with Crippen LogP contribution in [0, 0.1) is 11.8 Å². The fourth-order valence-corrected chi connectivity index (χ4v) is 8.07. The van der Waals surface area contributed by atoms with E-state index >= 15 is 0 Å². The lowest BCUT2D eigenvalue weighted by Gasteiger charge is -2.35. The number of aliphatic carboxylic acids is 2. The Morgan fingerprint density at radius 3 is 1.79 bits per heavy atom. The molecule has 2 aliphatic heterocycles. The summed E-state index contributed by atoms with van der Waals surface area (Å²) in [4.78, 5) is 157. The molecular formula is C45H76N12O15. The predicted molar refractivity (Wildman–Crippen MR) is 255 cm³/mol. The molecule has 2 saturated heterocycles. The monoisotopic (exact) mass is 1020 g/mol. The first-order valence-electron chi connectivity index (χ1n) is 24.2. The molecule has 9 atom stereocenters. The highest BCUT2D eigenvalue weighted by molar-refractivity contribution is 5.99. The number of rotatable bonds is 31. The van der Waals surface area contributed by atoms with E-state index in [4.69, 9.17) is 11.5 Å². The Kier molecular flexibility index (Phi) is 25.5. The molecule has 0 aromatic heterocycles. The van der Waals surface area contributed by atoms with Crippen molar-refractivity contribution in [3.63, 3.8) is 0 Å². The Morgan fingerprint density at radius 1 is 0.694 bits per heavy atom. The molecule has 2 heterocycles. The van der Waals surface area contributed by atoms with Gasteiger partial charge in [-0.25, -0.2) is 4.79 Å². The van der Waals surface area contributed by atoms with Gasteiger partial charge in [0.05, 0.1) is 31.7 Å². The maximum atomic E-state index is 13.9. The summed E-state index contributed by atoms with van der Waals surface area (Å²) >= 11 is 0. The van der Waals surface area contributed by atoms with E-state index in [-0.39, 0.29) is 63.5 Å². The van der Waals surface area contributed by atoms with Gasteiger partial charge in [0.15, 0.2) is 0 Å². The molecule has 72 heavy (non-hydrogen) atoms. The smallest absolute Gasteiger partial charge is 0.326 e. The van der Waals surface area contributed by atoms with Crippen LogP contribution < -0.4 is 59.3 Å². The fraction of sp³-hybridized carbons (Fsp3) is 0.733. The number of nitrogens with zero attached hydrogens (tertiary/aromatic N) is 1. The van der Waals surface area contributed by atoms with Gasteiger partial charge >= 0.3 is 11.9 Å². The molecule has 0 spiro atoms. The summed E-state index contributed by atoms with van der Waals surface area (Å²) in [5.41, 5.74) is 9.37. The minimum Gasteiger partial charge on any atom is -0.481 e. The molecule has 27 heteroatoms. The number of amides is 10. The standard InChI is InChI=1S/C45H76N12O15/c1-23(2)16-30(40(67)51-25(5)37(64)50-22-35(61)57-15-9-13-45(57,6)44(72)56-28(43(70)71)10-7-8-14-46)53-41(68)31(17-24(3)4)54-42(69)32(19-36(62)63)55-39(66)27(11-12-33(47)59)52-34(60)21-49-38(65)29-18-26(58)20-48-29/h23-32,48,58H,7-22,46H2,1-6H3,(H2,47,59)(H,49,65)(H,50,64)(H,51,67)(H,52,60)(H,53,68)(H,54,69)(H,55,66)(H,56,72)(H,62,63)(H,70,71)/t25-,26+,27-,28-,29-,30-,31-,32-,45?/m0/s1. The molecular weight excluding hydrogens is 949 g/mol. The number of likely N-dealkylation sites (tertiary alicyclic amines) is 1. The number of carbonyl (C=O) groups excluding carboxylic acids is 10. The zero-order valence-electron chi connectivity index (χ0n) is 41.9. The van der Waals surface area contributed by atoms with Gasteiger partial charge in [0, 0.05) is 19.5 Å². The summed E-state index contributed by atoms with van der Waals surface area (Å²) in [7, 11) is 0. The largest absolute Gasteiger partial charge is 0.481 e. The Morgan fingerprint density at radius 2 is 1.26 bits per heavy atom. The van der Waals surface area contributed by atoms with E-state index in [1.807, 2.05) is 0 Å². The van der Waals surface area contributed by atoms with E-state index in [2.05, 4.69) is 47.9 Å². The van der Waals surface area contributed by atoms with Crippen molar-refractivity contribution in [2.75, 3.05) is 32.7 Å². The Hall–Kier alpha value is -6.48. The molecule has 2 fully saturated rings. The molecule has 0 saturated carbocycles. The van der Waals surface area contributed by atoms with Crippen molar-refractivity contribution in [1.29, 1.82) is 0 Å². The van der Waals surface area contributed by atoms with Crippen LogP contribution in [0.2, 0.25) is 0 Å². The predicted octanol–water partition coefficient (Wildman–Crippen LogP) is -4.70. The van der Waals surface area contributed by atoms with E-state index < -0.39 is 151 Å². The molecule has 16 N–H and O–H groups in total. The quantitative estimate of drug-likeness (QED) is 0.0290. The van der Waals surface area contributed by atoms with Crippen molar-refractivity contribution in [2.45, 2.75) is 166 Å². The zero-order chi connectivity index (χ0) is 54.5. The number of unbranched alkanes of at least 4 members (excludes halogenated alkanes) is 1. The first kappa shape index (κ1) is 61.6. The Balaban J connectivity index is 2.15. The van der Waals surface area contributed by atoms with E-state index in [1.54, 1.807) is 27.7 Å². The second kappa shape index (κ2) is 29.8. The van der Waals surface area contributed by atoms with Crippen molar-refractivity contribution in [1.82, 2.24) is 52.8 Å². The van der Waals surface area contributed by atoms with Gasteiger partial charge in [-0.15, -0.1) is 0 Å². The van der Waals surface area contributed by atoms with Crippen LogP contribution in [-0.2, 0) is 57.5 Å². The number of hydrogen-bond acceptors (Lipinski definition) is 15. The van der Waals surface area contributed by atoms with Gasteiger partial charge in [0.1, 0.15) is 41.8 Å². The third kappa shape index (κ3) is 20.7. The second-order valence-electron chi connectivity index (χ2n) is 19.3. The maximum Gasteiger partial charge on any atom is 0.326 e. The number of hydrogen-bond donors (Lipinski definition) is 14. The summed E-state index contributed by atoms with van der Waals surface area (Å²) in [5, 5.41) is 51.3. The van der Waals surface area contributed by atoms with Crippen LogP contribution in [0.5, 0.6) is 0 Å². The number of primary amides is 1. The molecule has 0 radical (unpaired) electrons. The summed E-state index contributed by atoms with van der Waals surface area (Å²) in [6.45, 7) is 9.27. The molecule has 0 aromatic rings. The minimum absolute atomic E-state index is 0.0402. The van der Waals surface area contributed by atoms with Crippen LogP contribution in [-0.4, -0.2) is 178 Å². The fourth-order valence-electron chi connectivity index (χ4n) is 8.07. The van der Waals surface area contributed by atoms with E-state index in [1.165, 1.54) is 18.7 Å². The molecule has 1 unspecified atom stereocenters. The molecule has 2 aliphatic rings. The maximum absolute atomic E-state index is 13.9. The molecule has 10 amide bonds. The molecule has 0 bridgehead atoms. The van der Waals surface area contributed by atoms with Gasteiger partial charge in [-0.2, -0.15) is 0 Å². The zero-order valence-corrected chi connectivity index (χ0v) is 41.9. The van der Waals surface area contributed by atoms with Crippen molar-refractivity contribution >= 4 is 71.0 Å². The van der Waals surface area contributed by atoms with Crippen LogP contribution in [0.1, 0.15) is 112 Å². The first-order chi connectivity index (χ1) is 33.7. The van der Waals surface area contributed by atoms with Crippen LogP contribution in [0.25, 0.3) is 0 Å². The average Bonchev–Trinajstić information content (AvgIpc) is 3.92. The van der Waals surface area contributed by atoms with Gasteiger partial charge < -0.3 is 79.5 Å². The van der Waals surface area contributed by atoms with Crippen molar-refractivity contribution in [2.24, 2.45) is 23.3 Å². The summed E-state index contributed by atoms with van der Waals surface area (Å²) < 4.78 is 0. The number of carbonyl (C=O) groups is 12. The molecule has 406 valence electrons. The minimum atomic E-state index is -1.84. The van der Waals surface area contributed by atoms with Crippen molar-refractivity contribution in [3.8, 4) is 0 Å². The number of carboxylic acid groups (broad SMARTS) is 2. The molecule has 0 aromatic carbocycles. The molecule has 27 nitrogen and oxygen atoms in total. The summed E-state index contributed by atoms with van der Waals surface area (Å²) in [6, 6.07) is -9.32. The highest BCUT2D eigenvalue weighted by Gasteiger charge is 2.46. The Labute approximate surface area is 417 Å². The lowest BCUT2D eigenvalue weighted by atomic mass is 9.96. The lowest BCUT2D eigenvalue weighted by molar-refractivity contribution is -0.147. The number of nitrogens with two attached hydrogens (primary N) is 2. The van der Waals surface area contributed by atoms with Crippen molar-refractivity contribution in [3.05, 3.63) is 0 Å². The van der Waals surface area contributed by atoms with Gasteiger partial charge in [-0.05, 0) is 90.0 Å². The highest BCUT2D eigenvalue weighted by Crippen LogP contribution is 2.29. The third-order valence-electron chi connectivity index (χ3n) is 12.0. The lowest BCUT2D eigenvalue weighted by Crippen LogP contribution is -2.60. The number of aliphatic hydroxyl groups is 1. The van der Waals surface area contributed by atoms with Gasteiger partial charge in [-0.3, -0.25) is 52.7 Å². The summed E-state index contributed by atoms with van der Waals surface area (Å²) in [6.07, 6.45) is -0.633.